The Morgan fingerprint density at radius 2 is 1.84 bits per heavy atom. The summed E-state index contributed by atoms with van der Waals surface area (Å²) in [5.74, 6) is -0.710. The number of aromatic nitrogens is 3. The van der Waals surface area contributed by atoms with Crippen LogP contribution in [0, 0.1) is 6.92 Å². The molecular weight excluding hydrogens is 394 g/mol. The van der Waals surface area contributed by atoms with Crippen LogP contribution < -0.4 is 15.7 Å². The summed E-state index contributed by atoms with van der Waals surface area (Å²) < 4.78 is 1.80. The SMILES string of the molecule is Cc1ccc([C@@H]2C[C@@H](c3ccccc3)n3nc(NC(=O)CCCC(=O)[O-])nc3N2)cc1. The van der Waals surface area contributed by atoms with E-state index in [2.05, 4.69) is 64.0 Å². The number of nitrogens with zero attached hydrogens (tertiary/aromatic N) is 3. The van der Waals surface area contributed by atoms with Crippen molar-refractivity contribution in [3.05, 3.63) is 71.3 Å². The molecule has 8 nitrogen and oxygen atoms in total. The predicted molar refractivity (Wildman–Crippen MR) is 114 cm³/mol. The minimum atomic E-state index is -1.17. The van der Waals surface area contributed by atoms with E-state index in [0.717, 1.165) is 17.5 Å². The minimum Gasteiger partial charge on any atom is -0.550 e. The number of carboxylic acid groups (broad SMARTS) is 1. The summed E-state index contributed by atoms with van der Waals surface area (Å²) >= 11 is 0. The van der Waals surface area contributed by atoms with Gasteiger partial charge in [-0.2, -0.15) is 4.98 Å². The van der Waals surface area contributed by atoms with Crippen molar-refractivity contribution in [3.8, 4) is 0 Å². The maximum atomic E-state index is 12.1. The number of anilines is 2. The number of carboxylic acids is 1. The summed E-state index contributed by atoms with van der Waals surface area (Å²) in [4.78, 5) is 27.2. The number of hydrogen-bond donors (Lipinski definition) is 2. The summed E-state index contributed by atoms with van der Waals surface area (Å²) in [6.45, 7) is 2.06. The maximum Gasteiger partial charge on any atom is 0.250 e. The molecule has 0 spiro atoms. The second kappa shape index (κ2) is 8.99. The molecule has 1 aromatic heterocycles. The van der Waals surface area contributed by atoms with E-state index in [9.17, 15) is 14.7 Å². The number of carbonyl (C=O) groups is 2. The van der Waals surface area contributed by atoms with Crippen LogP contribution in [0.15, 0.2) is 54.6 Å². The molecule has 4 rings (SSSR count). The Labute approximate surface area is 180 Å². The molecule has 0 saturated carbocycles. The molecule has 160 valence electrons. The summed E-state index contributed by atoms with van der Waals surface area (Å²) in [6.07, 6.45) is 0.903. The van der Waals surface area contributed by atoms with Crippen LogP contribution >= 0.6 is 0 Å². The van der Waals surface area contributed by atoms with E-state index in [-0.39, 0.29) is 43.2 Å². The normalized spacial score (nSPS) is 17.5. The molecule has 2 aromatic carbocycles. The van der Waals surface area contributed by atoms with Crippen LogP contribution in [-0.2, 0) is 9.59 Å². The Kier molecular flexibility index (Phi) is 5.97. The van der Waals surface area contributed by atoms with Gasteiger partial charge in [0.25, 0.3) is 5.95 Å². The molecule has 8 heteroatoms. The molecule has 2 atom stereocenters. The summed E-state index contributed by atoms with van der Waals surface area (Å²) in [7, 11) is 0. The molecular formula is C23H24N5O3-. The molecule has 0 aliphatic carbocycles. The molecule has 0 saturated heterocycles. The lowest BCUT2D eigenvalue weighted by Crippen LogP contribution is -2.28. The van der Waals surface area contributed by atoms with E-state index in [1.165, 1.54) is 5.56 Å². The highest BCUT2D eigenvalue weighted by atomic mass is 16.4. The molecule has 0 radical (unpaired) electrons. The molecule has 0 unspecified atom stereocenters. The Balaban J connectivity index is 1.58. The standard InChI is InChI=1S/C23H25N5O3/c1-15-10-12-16(13-11-15)18-14-19(17-6-3-2-4-7-17)28-23(24-18)26-22(27-28)25-20(29)8-5-9-21(30)31/h2-4,6-7,10-13,18-19H,5,8-9,14H2,1H3,(H,30,31)(H2,24,25,26,27,29)/p-1/t18-,19-/m0/s1. The third-order valence-electron chi connectivity index (χ3n) is 5.39. The van der Waals surface area contributed by atoms with Crippen LogP contribution in [0.1, 0.15) is 54.5 Å². The van der Waals surface area contributed by atoms with Gasteiger partial charge in [-0.05, 0) is 37.3 Å². The molecule has 1 aliphatic heterocycles. The molecule has 0 fully saturated rings. The van der Waals surface area contributed by atoms with Crippen molar-refractivity contribution < 1.29 is 14.7 Å². The third-order valence-corrected chi connectivity index (χ3v) is 5.39. The number of carbonyl (C=O) groups excluding carboxylic acids is 2. The first kappa shape index (κ1) is 20.6. The Bertz CT molecular complexity index is 1060. The zero-order valence-electron chi connectivity index (χ0n) is 17.2. The summed E-state index contributed by atoms with van der Waals surface area (Å²) in [5.41, 5.74) is 3.47. The first-order valence-electron chi connectivity index (χ1n) is 10.3. The molecule has 0 bridgehead atoms. The van der Waals surface area contributed by atoms with Crippen molar-refractivity contribution in [3.63, 3.8) is 0 Å². The monoisotopic (exact) mass is 418 g/mol. The van der Waals surface area contributed by atoms with Gasteiger partial charge in [0.1, 0.15) is 0 Å². The van der Waals surface area contributed by atoms with Gasteiger partial charge in [0.15, 0.2) is 0 Å². The van der Waals surface area contributed by atoms with Crippen molar-refractivity contribution in [2.24, 2.45) is 0 Å². The number of benzene rings is 2. The zero-order valence-corrected chi connectivity index (χ0v) is 17.2. The van der Waals surface area contributed by atoms with E-state index >= 15 is 0 Å². The van der Waals surface area contributed by atoms with E-state index in [1.54, 1.807) is 4.68 Å². The van der Waals surface area contributed by atoms with Crippen LogP contribution in [0.5, 0.6) is 0 Å². The van der Waals surface area contributed by atoms with Gasteiger partial charge < -0.3 is 15.2 Å². The second-order valence-corrected chi connectivity index (χ2v) is 7.75. The fourth-order valence-corrected chi connectivity index (χ4v) is 3.78. The van der Waals surface area contributed by atoms with Crippen molar-refractivity contribution in [2.75, 3.05) is 10.6 Å². The smallest absolute Gasteiger partial charge is 0.250 e. The van der Waals surface area contributed by atoms with Crippen molar-refractivity contribution >= 4 is 23.8 Å². The largest absolute Gasteiger partial charge is 0.550 e. The average Bonchev–Trinajstić information content (AvgIpc) is 3.16. The fraction of sp³-hybridized carbons (Fsp3) is 0.304. The van der Waals surface area contributed by atoms with Gasteiger partial charge >= 0.3 is 0 Å². The van der Waals surface area contributed by atoms with Crippen molar-refractivity contribution in [1.82, 2.24) is 14.8 Å². The number of fused-ring (bicyclic) bond motifs is 1. The van der Waals surface area contributed by atoms with Gasteiger partial charge in [-0.15, -0.1) is 5.10 Å². The van der Waals surface area contributed by atoms with Gasteiger partial charge in [0.2, 0.25) is 11.9 Å². The number of amides is 1. The van der Waals surface area contributed by atoms with Crippen LogP contribution in [0.2, 0.25) is 0 Å². The van der Waals surface area contributed by atoms with Gasteiger partial charge in [-0.3, -0.25) is 10.1 Å². The van der Waals surface area contributed by atoms with Crippen molar-refractivity contribution in [1.29, 1.82) is 0 Å². The zero-order chi connectivity index (χ0) is 21.8. The highest BCUT2D eigenvalue weighted by molar-refractivity contribution is 5.89. The second-order valence-electron chi connectivity index (χ2n) is 7.75. The highest BCUT2D eigenvalue weighted by Crippen LogP contribution is 2.38. The molecule has 2 N–H and O–H groups in total. The van der Waals surface area contributed by atoms with Crippen LogP contribution in [0.3, 0.4) is 0 Å². The summed E-state index contributed by atoms with van der Waals surface area (Å²) in [5, 5.41) is 21.2. The molecule has 3 aromatic rings. The number of aryl methyl sites for hydroxylation is 1. The summed E-state index contributed by atoms with van der Waals surface area (Å²) in [6, 6.07) is 18.5. The Morgan fingerprint density at radius 1 is 1.10 bits per heavy atom. The van der Waals surface area contributed by atoms with E-state index < -0.39 is 5.97 Å². The van der Waals surface area contributed by atoms with Gasteiger partial charge in [-0.1, -0.05) is 60.2 Å². The fourth-order valence-electron chi connectivity index (χ4n) is 3.78. The van der Waals surface area contributed by atoms with Crippen molar-refractivity contribution in [2.45, 2.75) is 44.7 Å². The quantitative estimate of drug-likeness (QED) is 0.610. The lowest BCUT2D eigenvalue weighted by atomic mass is 9.93. The van der Waals surface area contributed by atoms with Crippen LogP contribution in [-0.4, -0.2) is 26.6 Å². The van der Waals surface area contributed by atoms with E-state index in [4.69, 9.17) is 0 Å². The topological polar surface area (TPSA) is 112 Å². The Morgan fingerprint density at radius 3 is 2.55 bits per heavy atom. The maximum absolute atomic E-state index is 12.1. The lowest BCUT2D eigenvalue weighted by molar-refractivity contribution is -0.305. The predicted octanol–water partition coefficient (Wildman–Crippen LogP) is 2.59. The van der Waals surface area contributed by atoms with E-state index in [1.807, 2.05) is 18.2 Å². The number of hydrogen-bond acceptors (Lipinski definition) is 6. The molecule has 2 heterocycles. The molecule has 1 aliphatic rings. The molecule has 1 amide bonds. The highest BCUT2D eigenvalue weighted by Gasteiger charge is 2.31. The Hall–Kier alpha value is -3.68. The van der Waals surface area contributed by atoms with E-state index in [0.29, 0.717) is 5.95 Å². The van der Waals surface area contributed by atoms with Gasteiger partial charge in [0.05, 0.1) is 12.1 Å². The lowest BCUT2D eigenvalue weighted by Gasteiger charge is -2.31. The number of rotatable bonds is 7. The number of nitrogens with one attached hydrogen (secondary N) is 2. The minimum absolute atomic E-state index is 0.0417. The van der Waals surface area contributed by atoms with Crippen LogP contribution in [0.25, 0.3) is 0 Å². The van der Waals surface area contributed by atoms with Gasteiger partial charge in [-0.25, -0.2) is 4.68 Å². The first-order chi connectivity index (χ1) is 15.0. The average molecular weight is 418 g/mol. The van der Waals surface area contributed by atoms with Crippen LogP contribution in [0.4, 0.5) is 11.9 Å². The third kappa shape index (κ3) is 4.91. The van der Waals surface area contributed by atoms with Gasteiger partial charge in [0, 0.05) is 12.4 Å². The molecule has 31 heavy (non-hydrogen) atoms. The number of aliphatic carboxylic acids is 1. The first-order valence-corrected chi connectivity index (χ1v) is 10.3.